The van der Waals surface area contributed by atoms with Crippen molar-refractivity contribution < 1.29 is 14.7 Å². The summed E-state index contributed by atoms with van der Waals surface area (Å²) in [5.41, 5.74) is 0.630. The van der Waals surface area contributed by atoms with Gasteiger partial charge in [0.1, 0.15) is 5.25 Å². The van der Waals surface area contributed by atoms with E-state index in [-0.39, 0.29) is 17.0 Å². The Kier molecular flexibility index (Phi) is 5.41. The van der Waals surface area contributed by atoms with Crippen molar-refractivity contribution in [3.8, 4) is 0 Å². The molecule has 2 unspecified atom stereocenters. The zero-order chi connectivity index (χ0) is 13.7. The third kappa shape index (κ3) is 3.88. The van der Waals surface area contributed by atoms with E-state index in [0.29, 0.717) is 5.56 Å². The van der Waals surface area contributed by atoms with Gasteiger partial charge in [-0.2, -0.15) is 0 Å². The van der Waals surface area contributed by atoms with Crippen molar-refractivity contribution in [1.29, 1.82) is 0 Å². The number of ketones is 1. The lowest BCUT2D eigenvalue weighted by Gasteiger charge is -2.19. The molecule has 0 radical (unpaired) electrons. The summed E-state index contributed by atoms with van der Waals surface area (Å²) in [4.78, 5) is 23.2. The summed E-state index contributed by atoms with van der Waals surface area (Å²) in [6.45, 7) is 5.47. The third-order valence-corrected chi connectivity index (χ3v) is 4.29. The number of Topliss-reactive ketones (excluding diaryl/α,β-unsaturated/α-hetero) is 1. The van der Waals surface area contributed by atoms with Crippen LogP contribution in [0.5, 0.6) is 0 Å². The molecule has 1 rings (SSSR count). The smallest absolute Gasteiger partial charge is 0.316 e. The van der Waals surface area contributed by atoms with Crippen LogP contribution in [0.1, 0.15) is 31.1 Å². The average Bonchev–Trinajstić information content (AvgIpc) is 2.35. The molecule has 0 spiro atoms. The molecule has 0 bridgehead atoms. The van der Waals surface area contributed by atoms with Crippen molar-refractivity contribution in [3.63, 3.8) is 0 Å². The van der Waals surface area contributed by atoms with Gasteiger partial charge in [-0.15, -0.1) is 11.8 Å². The maximum atomic E-state index is 12.1. The van der Waals surface area contributed by atoms with Gasteiger partial charge in [0.05, 0.1) is 5.25 Å². The van der Waals surface area contributed by atoms with Gasteiger partial charge in [-0.1, -0.05) is 44.2 Å². The van der Waals surface area contributed by atoms with Crippen LogP contribution in [0, 0.1) is 5.92 Å². The Morgan fingerprint density at radius 3 is 2.11 bits per heavy atom. The number of hydrogen-bond acceptors (Lipinski definition) is 3. The quantitative estimate of drug-likeness (QED) is 0.804. The molecule has 2 atom stereocenters. The molecular formula is C14H18O3S. The van der Waals surface area contributed by atoms with Crippen LogP contribution in [0.4, 0.5) is 0 Å². The molecule has 1 aromatic rings. The van der Waals surface area contributed by atoms with E-state index in [1.807, 2.05) is 32.0 Å². The Hall–Kier alpha value is -1.29. The topological polar surface area (TPSA) is 54.4 Å². The zero-order valence-electron chi connectivity index (χ0n) is 10.8. The number of aliphatic carboxylic acids is 1. The minimum atomic E-state index is -0.859. The zero-order valence-corrected chi connectivity index (χ0v) is 11.6. The molecule has 4 heteroatoms. The molecule has 0 saturated carbocycles. The first-order chi connectivity index (χ1) is 8.43. The molecule has 0 aromatic heterocycles. The SMILES string of the molecule is CC(SC(C(=O)O)C(C)C)C(=O)c1ccccc1. The normalized spacial score (nSPS) is 14.2. The van der Waals surface area contributed by atoms with Crippen LogP contribution in [0.2, 0.25) is 0 Å². The summed E-state index contributed by atoms with van der Waals surface area (Å²) in [5, 5.41) is 8.21. The summed E-state index contributed by atoms with van der Waals surface area (Å²) < 4.78 is 0. The monoisotopic (exact) mass is 266 g/mol. The highest BCUT2D eigenvalue weighted by atomic mass is 32.2. The number of hydrogen-bond donors (Lipinski definition) is 1. The van der Waals surface area contributed by atoms with Gasteiger partial charge >= 0.3 is 5.97 Å². The van der Waals surface area contributed by atoms with E-state index >= 15 is 0 Å². The number of carbonyl (C=O) groups is 2. The van der Waals surface area contributed by atoms with Gasteiger partial charge in [0.25, 0.3) is 0 Å². The molecule has 3 nitrogen and oxygen atoms in total. The van der Waals surface area contributed by atoms with Crippen LogP contribution in [0.3, 0.4) is 0 Å². The Morgan fingerprint density at radius 1 is 1.11 bits per heavy atom. The first kappa shape index (κ1) is 14.8. The Morgan fingerprint density at radius 2 is 1.67 bits per heavy atom. The van der Waals surface area contributed by atoms with E-state index in [2.05, 4.69) is 0 Å². The van der Waals surface area contributed by atoms with Crippen molar-refractivity contribution >= 4 is 23.5 Å². The molecule has 98 valence electrons. The second-order valence-corrected chi connectivity index (χ2v) is 6.00. The first-order valence-corrected chi connectivity index (χ1v) is 6.85. The highest BCUT2D eigenvalue weighted by molar-refractivity contribution is 8.01. The molecule has 0 aliphatic rings. The van der Waals surface area contributed by atoms with Crippen LogP contribution in [0.15, 0.2) is 30.3 Å². The van der Waals surface area contributed by atoms with E-state index in [1.54, 1.807) is 19.1 Å². The maximum absolute atomic E-state index is 12.1. The molecular weight excluding hydrogens is 248 g/mol. The molecule has 0 aliphatic heterocycles. The highest BCUT2D eigenvalue weighted by Crippen LogP contribution is 2.26. The fourth-order valence-corrected chi connectivity index (χ4v) is 2.75. The second-order valence-electron chi connectivity index (χ2n) is 4.51. The fraction of sp³-hybridized carbons (Fsp3) is 0.429. The second kappa shape index (κ2) is 6.59. The minimum absolute atomic E-state index is 0.00137. The number of rotatable bonds is 6. The number of thioether (sulfide) groups is 1. The highest BCUT2D eigenvalue weighted by Gasteiger charge is 2.27. The van der Waals surface area contributed by atoms with Crippen molar-refractivity contribution in [1.82, 2.24) is 0 Å². The number of carboxylic acids is 1. The summed E-state index contributed by atoms with van der Waals surface area (Å²) in [5.74, 6) is -0.881. The van der Waals surface area contributed by atoms with Gasteiger partial charge in [-0.3, -0.25) is 9.59 Å². The predicted octanol–water partition coefficient (Wildman–Crippen LogP) is 3.10. The molecule has 0 heterocycles. The van der Waals surface area contributed by atoms with E-state index in [1.165, 1.54) is 11.8 Å². The molecule has 0 amide bonds. The molecule has 18 heavy (non-hydrogen) atoms. The lowest BCUT2D eigenvalue weighted by atomic mass is 10.1. The minimum Gasteiger partial charge on any atom is -0.480 e. The van der Waals surface area contributed by atoms with E-state index in [9.17, 15) is 9.59 Å². The van der Waals surface area contributed by atoms with Crippen LogP contribution in [-0.2, 0) is 4.79 Å². The van der Waals surface area contributed by atoms with Crippen LogP contribution in [0.25, 0.3) is 0 Å². The third-order valence-electron chi connectivity index (χ3n) is 2.63. The van der Waals surface area contributed by atoms with Crippen LogP contribution < -0.4 is 0 Å². The molecule has 0 aliphatic carbocycles. The molecule has 1 N–H and O–H groups in total. The van der Waals surface area contributed by atoms with Gasteiger partial charge in [0.15, 0.2) is 5.78 Å². The average molecular weight is 266 g/mol. The maximum Gasteiger partial charge on any atom is 0.316 e. The van der Waals surface area contributed by atoms with Gasteiger partial charge in [0.2, 0.25) is 0 Å². The van der Waals surface area contributed by atoms with Crippen molar-refractivity contribution in [2.24, 2.45) is 5.92 Å². The van der Waals surface area contributed by atoms with E-state index in [4.69, 9.17) is 5.11 Å². The van der Waals surface area contributed by atoms with Gasteiger partial charge in [-0.05, 0) is 12.8 Å². The largest absolute Gasteiger partial charge is 0.480 e. The van der Waals surface area contributed by atoms with Crippen molar-refractivity contribution in [2.75, 3.05) is 0 Å². The van der Waals surface area contributed by atoms with Gasteiger partial charge < -0.3 is 5.11 Å². The van der Waals surface area contributed by atoms with Crippen molar-refractivity contribution in [3.05, 3.63) is 35.9 Å². The van der Waals surface area contributed by atoms with E-state index < -0.39 is 11.2 Å². The summed E-state index contributed by atoms with van der Waals surface area (Å²) in [6.07, 6.45) is 0. The molecule has 0 saturated heterocycles. The van der Waals surface area contributed by atoms with Gasteiger partial charge in [-0.25, -0.2) is 0 Å². The van der Waals surface area contributed by atoms with Gasteiger partial charge in [0, 0.05) is 5.56 Å². The molecule has 0 fully saturated rings. The number of carbonyl (C=O) groups excluding carboxylic acids is 1. The summed E-state index contributed by atoms with van der Waals surface area (Å²) in [6, 6.07) is 8.97. The predicted molar refractivity (Wildman–Crippen MR) is 74.1 cm³/mol. The Balaban J connectivity index is 2.73. The van der Waals surface area contributed by atoms with E-state index in [0.717, 1.165) is 0 Å². The van der Waals surface area contributed by atoms with Crippen LogP contribution in [-0.4, -0.2) is 27.4 Å². The summed E-state index contributed by atoms with van der Waals surface area (Å²) >= 11 is 1.21. The fourth-order valence-electron chi connectivity index (χ4n) is 1.62. The summed E-state index contributed by atoms with van der Waals surface area (Å²) in [7, 11) is 0. The molecule has 1 aromatic carbocycles. The lowest BCUT2D eigenvalue weighted by molar-refractivity contribution is -0.137. The lowest BCUT2D eigenvalue weighted by Crippen LogP contribution is -2.27. The Labute approximate surface area is 112 Å². The Bertz CT molecular complexity index is 414. The number of carboxylic acid groups (broad SMARTS) is 1. The van der Waals surface area contributed by atoms with Crippen LogP contribution >= 0.6 is 11.8 Å². The standard InChI is InChI=1S/C14H18O3S/c1-9(2)13(14(16)17)18-10(3)12(15)11-7-5-4-6-8-11/h4-10,13H,1-3H3,(H,16,17). The van der Waals surface area contributed by atoms with Crippen molar-refractivity contribution in [2.45, 2.75) is 31.3 Å². The number of benzene rings is 1. The first-order valence-electron chi connectivity index (χ1n) is 5.91.